The Morgan fingerprint density at radius 3 is 2.90 bits per heavy atom. The predicted molar refractivity (Wildman–Crippen MR) is 133 cm³/mol. The zero-order valence-electron chi connectivity index (χ0n) is 20.5. The van der Waals surface area contributed by atoms with Crippen molar-refractivity contribution in [3.63, 3.8) is 0 Å². The number of hydrogen-bond donors (Lipinski definition) is 2. The van der Waals surface area contributed by atoms with Gasteiger partial charge in [0.25, 0.3) is 11.5 Å². The van der Waals surface area contributed by atoms with Crippen LogP contribution < -0.4 is 30.6 Å². The number of rotatable bonds is 7. The molecule has 3 aliphatic rings. The van der Waals surface area contributed by atoms with Gasteiger partial charge in [-0.05, 0) is 31.0 Å². The molecule has 2 fully saturated rings. The predicted octanol–water partition coefficient (Wildman–Crippen LogP) is 2.26. The molecule has 3 atom stereocenters. The van der Waals surface area contributed by atoms with E-state index in [9.17, 15) is 23.2 Å². The van der Waals surface area contributed by atoms with E-state index >= 15 is 0 Å². The van der Waals surface area contributed by atoms with Crippen LogP contribution in [0.2, 0.25) is 0 Å². The van der Waals surface area contributed by atoms with Gasteiger partial charge in [0, 0.05) is 37.7 Å². The zero-order valence-corrected chi connectivity index (χ0v) is 20.5. The number of pyridine rings is 3. The first-order valence-corrected chi connectivity index (χ1v) is 12.5. The normalized spacial score (nSPS) is 22.2. The van der Waals surface area contributed by atoms with E-state index in [-0.39, 0.29) is 54.4 Å². The number of aromatic nitrogens is 3. The number of hydrogen-bond acceptors (Lipinski definition) is 9. The molecule has 12 nitrogen and oxygen atoms in total. The number of nitrogens with zero attached hydrogens (tertiary/aromatic N) is 4. The standard InChI is InChI=1S/C25H24F2N6O6/c26-24(27)38-14-10-17-15(29-11-14)2-6-22(35)32(17)8-7-28-13-1-3-16-19(9-13)39-25(36)33(16)20-5-4-18-23(30-20)31-21(34)12-37-18/h2,4-6,10-11,13,16,19,24,28H,1,3,7-9,12H2,(H,30,31,34)/t13-,16-,19-/m0/s1. The third-order valence-electron chi connectivity index (χ3n) is 7.05. The summed E-state index contributed by atoms with van der Waals surface area (Å²) in [6, 6.07) is 7.45. The highest BCUT2D eigenvalue weighted by Gasteiger charge is 2.46. The number of amides is 2. The highest BCUT2D eigenvalue weighted by Crippen LogP contribution is 2.37. The maximum atomic E-state index is 12.8. The molecule has 0 radical (unpaired) electrons. The fourth-order valence-corrected chi connectivity index (χ4v) is 5.32. The summed E-state index contributed by atoms with van der Waals surface area (Å²) < 4.78 is 42.2. The summed E-state index contributed by atoms with van der Waals surface area (Å²) in [7, 11) is 0. The third kappa shape index (κ3) is 4.94. The van der Waals surface area contributed by atoms with Crippen molar-refractivity contribution in [2.75, 3.05) is 23.4 Å². The van der Waals surface area contributed by atoms with Gasteiger partial charge < -0.3 is 29.4 Å². The summed E-state index contributed by atoms with van der Waals surface area (Å²) in [5.74, 6) is 0.641. The van der Waals surface area contributed by atoms with Crippen molar-refractivity contribution in [1.82, 2.24) is 19.9 Å². The van der Waals surface area contributed by atoms with Crippen LogP contribution in [0.5, 0.6) is 11.5 Å². The van der Waals surface area contributed by atoms with E-state index in [0.717, 1.165) is 6.42 Å². The minimum Gasteiger partial charge on any atom is -0.480 e. The van der Waals surface area contributed by atoms with Crippen LogP contribution in [0.3, 0.4) is 0 Å². The van der Waals surface area contributed by atoms with Crippen molar-refractivity contribution in [2.24, 2.45) is 0 Å². The maximum absolute atomic E-state index is 12.8. The average Bonchev–Trinajstić information content (AvgIpc) is 3.24. The van der Waals surface area contributed by atoms with Gasteiger partial charge in [-0.15, -0.1) is 0 Å². The Morgan fingerprint density at radius 2 is 2.05 bits per heavy atom. The summed E-state index contributed by atoms with van der Waals surface area (Å²) in [6.45, 7) is -2.38. The second-order valence-corrected chi connectivity index (χ2v) is 9.45. The van der Waals surface area contributed by atoms with E-state index in [1.807, 2.05) is 0 Å². The van der Waals surface area contributed by atoms with Crippen molar-refractivity contribution >= 4 is 34.7 Å². The highest BCUT2D eigenvalue weighted by molar-refractivity contribution is 5.95. The molecule has 1 saturated heterocycles. The van der Waals surface area contributed by atoms with Gasteiger partial charge in [0.2, 0.25) is 0 Å². The molecule has 0 unspecified atom stereocenters. The smallest absolute Gasteiger partial charge is 0.416 e. The molecule has 6 rings (SSSR count). The van der Waals surface area contributed by atoms with E-state index in [2.05, 4.69) is 25.3 Å². The molecule has 2 aliphatic heterocycles. The molecule has 5 heterocycles. The molecule has 0 bridgehead atoms. The lowest BCUT2D eigenvalue weighted by atomic mass is 9.88. The number of carbonyl (C=O) groups is 2. The number of carbonyl (C=O) groups excluding carboxylic acids is 2. The Hall–Kier alpha value is -4.33. The van der Waals surface area contributed by atoms with Gasteiger partial charge in [0.15, 0.2) is 18.2 Å². The lowest BCUT2D eigenvalue weighted by Gasteiger charge is -2.33. The molecule has 2 amide bonds. The first-order valence-electron chi connectivity index (χ1n) is 12.5. The average molecular weight is 542 g/mol. The van der Waals surface area contributed by atoms with E-state index in [1.54, 1.807) is 12.1 Å². The van der Waals surface area contributed by atoms with Crippen LogP contribution in [0.1, 0.15) is 19.3 Å². The number of ether oxygens (including phenoxy) is 3. The third-order valence-corrected chi connectivity index (χ3v) is 7.05. The number of anilines is 2. The lowest BCUT2D eigenvalue weighted by molar-refractivity contribution is -0.118. The molecule has 14 heteroatoms. The number of halogens is 2. The molecule has 1 aliphatic carbocycles. The maximum Gasteiger partial charge on any atom is 0.416 e. The quantitative estimate of drug-likeness (QED) is 0.461. The molecule has 1 saturated carbocycles. The van der Waals surface area contributed by atoms with Crippen molar-refractivity contribution < 1.29 is 32.6 Å². The molecule has 204 valence electrons. The monoisotopic (exact) mass is 542 g/mol. The minimum absolute atomic E-state index is 0.0321. The van der Waals surface area contributed by atoms with Gasteiger partial charge in [0.05, 0.1) is 23.3 Å². The number of alkyl halides is 2. The van der Waals surface area contributed by atoms with E-state index in [0.29, 0.717) is 42.0 Å². The highest BCUT2D eigenvalue weighted by atomic mass is 19.3. The van der Waals surface area contributed by atoms with Crippen molar-refractivity contribution in [3.8, 4) is 11.5 Å². The van der Waals surface area contributed by atoms with Gasteiger partial charge in [0.1, 0.15) is 17.7 Å². The molecule has 39 heavy (non-hydrogen) atoms. The van der Waals surface area contributed by atoms with Crippen molar-refractivity contribution in [1.29, 1.82) is 0 Å². The largest absolute Gasteiger partial charge is 0.480 e. The summed E-state index contributed by atoms with van der Waals surface area (Å²) in [5, 5.41) is 6.06. The molecule has 3 aromatic rings. The number of fused-ring (bicyclic) bond motifs is 3. The molecule has 0 aromatic carbocycles. The second kappa shape index (κ2) is 10.1. The second-order valence-electron chi connectivity index (χ2n) is 9.45. The van der Waals surface area contributed by atoms with Gasteiger partial charge in [-0.2, -0.15) is 8.78 Å². The van der Waals surface area contributed by atoms with Crippen LogP contribution in [-0.2, 0) is 16.1 Å². The Morgan fingerprint density at radius 1 is 1.18 bits per heavy atom. The van der Waals surface area contributed by atoms with Crippen LogP contribution in [0, 0.1) is 0 Å². The molecule has 2 N–H and O–H groups in total. The Labute approximate surface area is 219 Å². The SMILES string of the molecule is O=C1COc2ccc(N3C(=O)O[C@H]4C[C@@H](NCCn5c(=O)ccc6ncc(OC(F)F)cc65)CC[C@@H]43)nc2N1. The Bertz CT molecular complexity index is 1500. The fourth-order valence-electron chi connectivity index (χ4n) is 5.32. The van der Waals surface area contributed by atoms with Crippen LogP contribution in [0.4, 0.5) is 25.2 Å². The van der Waals surface area contributed by atoms with Crippen molar-refractivity contribution in [3.05, 3.63) is 46.9 Å². The first kappa shape index (κ1) is 25.0. The number of nitrogens with one attached hydrogen (secondary N) is 2. The van der Waals surface area contributed by atoms with E-state index < -0.39 is 12.7 Å². The van der Waals surface area contributed by atoms with Gasteiger partial charge >= 0.3 is 12.7 Å². The van der Waals surface area contributed by atoms with Gasteiger partial charge in [-0.25, -0.2) is 9.78 Å². The lowest BCUT2D eigenvalue weighted by Crippen LogP contribution is -2.46. The van der Waals surface area contributed by atoms with Crippen LogP contribution in [0.15, 0.2) is 41.3 Å². The molecular formula is C25H24F2N6O6. The Kier molecular flexibility index (Phi) is 6.46. The molecule has 3 aromatic heterocycles. The van der Waals surface area contributed by atoms with Crippen molar-refractivity contribution in [2.45, 2.75) is 50.6 Å². The van der Waals surface area contributed by atoms with Crippen LogP contribution >= 0.6 is 0 Å². The topological polar surface area (TPSA) is 137 Å². The Balaban J connectivity index is 1.10. The van der Waals surface area contributed by atoms with Crippen LogP contribution in [0.25, 0.3) is 11.0 Å². The zero-order chi connectivity index (χ0) is 27.1. The van der Waals surface area contributed by atoms with Gasteiger partial charge in [-0.3, -0.25) is 19.5 Å². The first-order chi connectivity index (χ1) is 18.9. The van der Waals surface area contributed by atoms with E-state index in [4.69, 9.17) is 9.47 Å². The summed E-state index contributed by atoms with van der Waals surface area (Å²) in [4.78, 5) is 47.0. The van der Waals surface area contributed by atoms with E-state index in [1.165, 1.54) is 33.9 Å². The summed E-state index contributed by atoms with van der Waals surface area (Å²) in [5.41, 5.74) is 0.589. The minimum atomic E-state index is -3.00. The molecular weight excluding hydrogens is 518 g/mol. The summed E-state index contributed by atoms with van der Waals surface area (Å²) in [6.07, 6.45) is 2.30. The molecule has 0 spiro atoms. The van der Waals surface area contributed by atoms with Gasteiger partial charge in [-0.1, -0.05) is 0 Å². The fraction of sp³-hybridized carbons (Fsp3) is 0.400. The summed E-state index contributed by atoms with van der Waals surface area (Å²) >= 11 is 0. The van der Waals surface area contributed by atoms with Crippen LogP contribution in [-0.4, -0.2) is 64.5 Å².